The number of ether oxygens (including phenoxy) is 2. The maximum absolute atomic E-state index is 10.5. The highest BCUT2D eigenvalue weighted by Crippen LogP contribution is 2.46. The topological polar surface area (TPSA) is 47.9 Å². The average Bonchev–Trinajstić information content (AvgIpc) is 2.66. The number of hydrogen-bond acceptors (Lipinski definition) is 4. The first-order valence-electron chi connectivity index (χ1n) is 7.21. The Balaban J connectivity index is 2.19. The maximum Gasteiger partial charge on any atom is 0.192 e. The van der Waals surface area contributed by atoms with Crippen LogP contribution in [0.2, 0.25) is 18.1 Å². The molecule has 1 saturated carbocycles. The minimum absolute atomic E-state index is 0.00847. The van der Waals surface area contributed by atoms with Crippen molar-refractivity contribution in [3.8, 4) is 0 Å². The molecule has 0 aromatic carbocycles. The second kappa shape index (κ2) is 5.16. The monoisotopic (exact) mass is 414 g/mol. The third kappa shape index (κ3) is 2.96. The summed E-state index contributed by atoms with van der Waals surface area (Å²) < 4.78 is 18.4. The van der Waals surface area contributed by atoms with Gasteiger partial charge in [-0.2, -0.15) is 0 Å². The van der Waals surface area contributed by atoms with Crippen molar-refractivity contribution < 1.29 is 19.0 Å². The molecule has 0 amide bonds. The summed E-state index contributed by atoms with van der Waals surface area (Å²) in [6.45, 7) is 14.9. The average molecular weight is 414 g/mol. The molecule has 2 rings (SSSR count). The van der Waals surface area contributed by atoms with Gasteiger partial charge >= 0.3 is 0 Å². The van der Waals surface area contributed by atoms with Crippen molar-refractivity contribution in [1.29, 1.82) is 0 Å². The smallest absolute Gasteiger partial charge is 0.192 e. The van der Waals surface area contributed by atoms with E-state index in [9.17, 15) is 5.11 Å². The minimum atomic E-state index is -1.95. The van der Waals surface area contributed by atoms with Crippen LogP contribution >= 0.6 is 22.6 Å². The first-order valence-corrected chi connectivity index (χ1v) is 11.4. The van der Waals surface area contributed by atoms with Gasteiger partial charge in [0.1, 0.15) is 18.3 Å². The Morgan fingerprint density at radius 1 is 1.15 bits per heavy atom. The van der Waals surface area contributed by atoms with Gasteiger partial charge in [0, 0.05) is 0 Å². The summed E-state index contributed by atoms with van der Waals surface area (Å²) >= 11 is 2.26. The molecule has 0 aromatic rings. The SMILES string of the molecule is CC1(C)O[C@@H]2[C@@H](O[Si](C)(C)C(C)(C)C)[C@H](O)[C@@H](I)[C@@H]2O1. The van der Waals surface area contributed by atoms with Gasteiger partial charge in [-0.05, 0) is 32.0 Å². The van der Waals surface area contributed by atoms with Crippen molar-refractivity contribution >= 4 is 30.9 Å². The summed E-state index contributed by atoms with van der Waals surface area (Å²) in [4.78, 5) is 0. The summed E-state index contributed by atoms with van der Waals surface area (Å²) in [5, 5.41) is 10.6. The van der Waals surface area contributed by atoms with E-state index in [0.29, 0.717) is 0 Å². The normalized spacial score (nSPS) is 41.0. The molecule has 4 nitrogen and oxygen atoms in total. The Morgan fingerprint density at radius 3 is 2.15 bits per heavy atom. The van der Waals surface area contributed by atoms with Gasteiger partial charge in [-0.3, -0.25) is 0 Å². The zero-order valence-corrected chi connectivity index (χ0v) is 16.6. The van der Waals surface area contributed by atoms with E-state index in [1.807, 2.05) is 13.8 Å². The van der Waals surface area contributed by atoms with Crippen LogP contribution in [0, 0.1) is 0 Å². The first kappa shape index (κ1) is 17.1. The van der Waals surface area contributed by atoms with E-state index >= 15 is 0 Å². The molecule has 1 N–H and O–H groups in total. The van der Waals surface area contributed by atoms with Crippen molar-refractivity contribution in [2.24, 2.45) is 0 Å². The largest absolute Gasteiger partial charge is 0.408 e. The van der Waals surface area contributed by atoms with Gasteiger partial charge in [0.2, 0.25) is 0 Å². The van der Waals surface area contributed by atoms with Gasteiger partial charge < -0.3 is 19.0 Å². The van der Waals surface area contributed by atoms with Gasteiger partial charge in [0.25, 0.3) is 0 Å². The number of alkyl halides is 1. The van der Waals surface area contributed by atoms with Crippen molar-refractivity contribution in [2.75, 3.05) is 0 Å². The third-order valence-corrected chi connectivity index (χ3v) is 10.6. The van der Waals surface area contributed by atoms with Crippen molar-refractivity contribution in [3.05, 3.63) is 0 Å². The van der Waals surface area contributed by atoms with Gasteiger partial charge in [0.15, 0.2) is 14.1 Å². The van der Waals surface area contributed by atoms with E-state index in [-0.39, 0.29) is 27.3 Å². The first-order chi connectivity index (χ1) is 8.86. The van der Waals surface area contributed by atoms with Gasteiger partial charge in [-0.25, -0.2) is 0 Å². The lowest BCUT2D eigenvalue weighted by molar-refractivity contribution is -0.169. The zero-order chi connectivity index (χ0) is 15.5. The summed E-state index contributed by atoms with van der Waals surface area (Å²) in [6.07, 6.45) is -1.08. The number of halogens is 1. The van der Waals surface area contributed by atoms with Crippen LogP contribution in [0.25, 0.3) is 0 Å². The standard InChI is InChI=1S/C14H27IO4Si/c1-13(2,3)20(6,7)19-11-9(16)8(15)10-12(11)18-14(4,5)17-10/h8-12,16H,1-7H3/t8-,9-,10+,11+,12+/m1/s1. The highest BCUT2D eigenvalue weighted by Gasteiger charge is 2.60. The minimum Gasteiger partial charge on any atom is -0.408 e. The molecule has 1 aliphatic carbocycles. The van der Waals surface area contributed by atoms with Crippen LogP contribution in [-0.2, 0) is 13.9 Å². The predicted octanol–water partition coefficient (Wildman–Crippen LogP) is 3.08. The molecule has 1 heterocycles. The predicted molar refractivity (Wildman–Crippen MR) is 89.7 cm³/mol. The molecule has 0 aromatic heterocycles. The Hall–Kier alpha value is 0.787. The van der Waals surface area contributed by atoms with Crippen LogP contribution in [0.1, 0.15) is 34.6 Å². The van der Waals surface area contributed by atoms with E-state index in [1.165, 1.54) is 0 Å². The number of aliphatic hydroxyl groups excluding tert-OH is 1. The van der Waals surface area contributed by atoms with E-state index in [2.05, 4.69) is 56.5 Å². The maximum atomic E-state index is 10.5. The van der Waals surface area contributed by atoms with Crippen LogP contribution in [0.5, 0.6) is 0 Å². The lowest BCUT2D eigenvalue weighted by Gasteiger charge is -2.40. The van der Waals surface area contributed by atoms with Crippen LogP contribution in [-0.4, -0.2) is 47.6 Å². The molecule has 118 valence electrons. The van der Waals surface area contributed by atoms with Crippen LogP contribution in [0.3, 0.4) is 0 Å². The second-order valence-electron chi connectivity index (χ2n) is 7.84. The molecule has 5 atom stereocenters. The lowest BCUT2D eigenvalue weighted by atomic mass is 10.2. The van der Waals surface area contributed by atoms with Crippen LogP contribution in [0.4, 0.5) is 0 Å². The molecule has 6 heteroatoms. The Labute approximate surface area is 136 Å². The third-order valence-electron chi connectivity index (χ3n) is 4.70. The van der Waals surface area contributed by atoms with Gasteiger partial charge in [0.05, 0.1) is 10.0 Å². The van der Waals surface area contributed by atoms with Crippen molar-refractivity contribution in [3.63, 3.8) is 0 Å². The van der Waals surface area contributed by atoms with Gasteiger partial charge in [-0.15, -0.1) is 0 Å². The number of aliphatic hydroxyl groups is 1. The second-order valence-corrected chi connectivity index (χ2v) is 14.0. The summed E-state index contributed by atoms with van der Waals surface area (Å²) in [5.74, 6) is -0.589. The molecular formula is C14H27IO4Si. The molecule has 0 bridgehead atoms. The molecule has 20 heavy (non-hydrogen) atoms. The Kier molecular flexibility index (Phi) is 4.42. The Morgan fingerprint density at radius 2 is 1.65 bits per heavy atom. The van der Waals surface area contributed by atoms with Crippen LogP contribution < -0.4 is 0 Å². The number of rotatable bonds is 2. The number of fused-ring (bicyclic) bond motifs is 1. The highest BCUT2D eigenvalue weighted by atomic mass is 127. The molecule has 0 unspecified atom stereocenters. The fourth-order valence-electron chi connectivity index (χ4n) is 2.54. The number of hydrogen-bond donors (Lipinski definition) is 1. The fourth-order valence-corrected chi connectivity index (χ4v) is 4.81. The quantitative estimate of drug-likeness (QED) is 0.429. The molecule has 0 spiro atoms. The molecule has 1 saturated heterocycles. The Bertz CT molecular complexity index is 380. The highest BCUT2D eigenvalue weighted by molar-refractivity contribution is 14.1. The van der Waals surface area contributed by atoms with Crippen LogP contribution in [0.15, 0.2) is 0 Å². The lowest BCUT2D eigenvalue weighted by Crippen LogP contribution is -2.50. The van der Waals surface area contributed by atoms with E-state index in [1.54, 1.807) is 0 Å². The van der Waals surface area contributed by atoms with E-state index in [4.69, 9.17) is 13.9 Å². The zero-order valence-electron chi connectivity index (χ0n) is 13.4. The molecule has 2 fully saturated rings. The van der Waals surface area contributed by atoms with Gasteiger partial charge in [-0.1, -0.05) is 43.4 Å². The molecule has 0 radical (unpaired) electrons. The summed E-state index contributed by atoms with van der Waals surface area (Å²) in [5.41, 5.74) is 0. The molecule has 2 aliphatic rings. The van der Waals surface area contributed by atoms with E-state index in [0.717, 1.165) is 0 Å². The molecule has 1 aliphatic heterocycles. The fraction of sp³-hybridized carbons (Fsp3) is 1.00. The molecular weight excluding hydrogens is 387 g/mol. The summed E-state index contributed by atoms with van der Waals surface area (Å²) in [6, 6.07) is 0. The van der Waals surface area contributed by atoms with Crippen molar-refractivity contribution in [1.82, 2.24) is 0 Å². The summed E-state index contributed by atoms with van der Waals surface area (Å²) in [7, 11) is -1.95. The van der Waals surface area contributed by atoms with E-state index < -0.39 is 20.2 Å². The van der Waals surface area contributed by atoms with Crippen molar-refractivity contribution in [2.45, 2.75) is 86.9 Å².